The van der Waals surface area contributed by atoms with Gasteiger partial charge in [-0.15, -0.1) is 0 Å². The van der Waals surface area contributed by atoms with Crippen molar-refractivity contribution in [2.45, 2.75) is 12.0 Å². The van der Waals surface area contributed by atoms with Crippen molar-refractivity contribution in [1.29, 1.82) is 0 Å². The highest BCUT2D eigenvalue weighted by atomic mass is 16.4. The lowest BCUT2D eigenvalue weighted by Crippen LogP contribution is -2.50. The summed E-state index contributed by atoms with van der Waals surface area (Å²) in [5.74, 6) is -1.29. The Labute approximate surface area is 104 Å². The van der Waals surface area contributed by atoms with E-state index in [1.54, 1.807) is 0 Å². The van der Waals surface area contributed by atoms with Crippen molar-refractivity contribution in [1.82, 2.24) is 4.90 Å². The second kappa shape index (κ2) is 4.30. The van der Waals surface area contributed by atoms with Crippen LogP contribution in [0.15, 0.2) is 24.3 Å². The van der Waals surface area contributed by atoms with E-state index in [0.29, 0.717) is 12.1 Å². The maximum atomic E-state index is 12.1. The molecule has 1 heterocycles. The highest BCUT2D eigenvalue weighted by Gasteiger charge is 2.43. The van der Waals surface area contributed by atoms with Gasteiger partial charge in [0.1, 0.15) is 11.3 Å². The topological polar surface area (TPSA) is 104 Å². The number of rotatable bonds is 2. The Hall–Kier alpha value is -2.08. The first-order valence-electron chi connectivity index (χ1n) is 5.53. The zero-order valence-corrected chi connectivity index (χ0v) is 9.67. The summed E-state index contributed by atoms with van der Waals surface area (Å²) in [6.45, 7) is 0.324. The molecule has 2 rings (SSSR count). The first-order valence-corrected chi connectivity index (χ1v) is 5.53. The fourth-order valence-electron chi connectivity index (χ4n) is 1.97. The van der Waals surface area contributed by atoms with Crippen LogP contribution in [0.2, 0.25) is 0 Å². The zero-order chi connectivity index (χ0) is 13.3. The van der Waals surface area contributed by atoms with Gasteiger partial charge in [-0.1, -0.05) is 0 Å². The Morgan fingerprint density at radius 2 is 1.89 bits per heavy atom. The van der Waals surface area contributed by atoms with Gasteiger partial charge >= 0.3 is 5.97 Å². The molecule has 1 fully saturated rings. The van der Waals surface area contributed by atoms with Gasteiger partial charge in [0.15, 0.2) is 0 Å². The lowest BCUT2D eigenvalue weighted by molar-refractivity contribution is -0.142. The number of carboxylic acid groups (broad SMARTS) is 1. The molecule has 0 aromatic heterocycles. The van der Waals surface area contributed by atoms with Crippen molar-refractivity contribution < 1.29 is 19.8 Å². The number of nitrogens with zero attached hydrogens (tertiary/aromatic N) is 1. The largest absolute Gasteiger partial charge is 0.508 e. The average molecular weight is 250 g/mol. The molecule has 96 valence electrons. The number of likely N-dealkylation sites (tertiary alicyclic amines) is 1. The van der Waals surface area contributed by atoms with Gasteiger partial charge in [-0.25, -0.2) is 0 Å². The minimum atomic E-state index is -1.35. The number of phenols is 1. The summed E-state index contributed by atoms with van der Waals surface area (Å²) in [6, 6.07) is 5.82. The molecule has 18 heavy (non-hydrogen) atoms. The maximum Gasteiger partial charge on any atom is 0.325 e. The summed E-state index contributed by atoms with van der Waals surface area (Å²) >= 11 is 0. The smallest absolute Gasteiger partial charge is 0.325 e. The SMILES string of the molecule is NC1(C(=O)O)CCN(C(=O)c2ccc(O)cc2)C1. The lowest BCUT2D eigenvalue weighted by Gasteiger charge is -2.20. The minimum absolute atomic E-state index is 0.00203. The maximum absolute atomic E-state index is 12.1. The van der Waals surface area contributed by atoms with Crippen LogP contribution in [0.5, 0.6) is 5.75 Å². The molecule has 0 spiro atoms. The molecule has 1 aliphatic rings. The van der Waals surface area contributed by atoms with Gasteiger partial charge in [0.05, 0.1) is 0 Å². The summed E-state index contributed by atoms with van der Waals surface area (Å²) in [7, 11) is 0. The molecular formula is C12H14N2O4. The van der Waals surface area contributed by atoms with Crippen LogP contribution >= 0.6 is 0 Å². The molecule has 6 heteroatoms. The van der Waals surface area contributed by atoms with Crippen LogP contribution in [-0.4, -0.2) is 45.6 Å². The summed E-state index contributed by atoms with van der Waals surface area (Å²) < 4.78 is 0. The van der Waals surface area contributed by atoms with Gasteiger partial charge in [-0.2, -0.15) is 0 Å². The molecule has 1 aliphatic heterocycles. The molecule has 1 saturated heterocycles. The molecule has 0 bridgehead atoms. The number of hydrogen-bond acceptors (Lipinski definition) is 4. The standard InChI is InChI=1S/C12H14N2O4/c13-12(11(17)18)5-6-14(7-12)10(16)8-1-3-9(15)4-2-8/h1-4,15H,5-7,13H2,(H,17,18). The van der Waals surface area contributed by atoms with Gasteiger partial charge in [-0.05, 0) is 30.7 Å². The third-order valence-corrected chi connectivity index (χ3v) is 3.13. The van der Waals surface area contributed by atoms with Gasteiger partial charge < -0.3 is 20.8 Å². The van der Waals surface area contributed by atoms with Gasteiger partial charge in [0.2, 0.25) is 0 Å². The van der Waals surface area contributed by atoms with Crippen molar-refractivity contribution >= 4 is 11.9 Å². The Balaban J connectivity index is 2.12. The lowest BCUT2D eigenvalue weighted by atomic mass is 10.0. The van der Waals surface area contributed by atoms with Crippen molar-refractivity contribution in [2.24, 2.45) is 5.73 Å². The third-order valence-electron chi connectivity index (χ3n) is 3.13. The molecule has 1 amide bonds. The molecule has 1 atom stereocenters. The van der Waals surface area contributed by atoms with E-state index in [2.05, 4.69) is 0 Å². The number of aromatic hydroxyl groups is 1. The first-order chi connectivity index (χ1) is 8.42. The Morgan fingerprint density at radius 1 is 1.28 bits per heavy atom. The second-order valence-electron chi connectivity index (χ2n) is 4.48. The summed E-state index contributed by atoms with van der Waals surface area (Å²) in [4.78, 5) is 24.5. The quantitative estimate of drug-likeness (QED) is 0.686. The van der Waals surface area contributed by atoms with Crippen LogP contribution in [0.4, 0.5) is 0 Å². The number of amides is 1. The van der Waals surface area contributed by atoms with Crippen LogP contribution in [0.1, 0.15) is 16.8 Å². The molecular weight excluding hydrogens is 236 g/mol. The summed E-state index contributed by atoms with van der Waals surface area (Å²) in [5.41, 5.74) is 4.75. The number of aliphatic carboxylic acids is 1. The predicted molar refractivity (Wildman–Crippen MR) is 63.2 cm³/mol. The first kappa shape index (κ1) is 12.4. The van der Waals surface area contributed by atoms with E-state index in [4.69, 9.17) is 15.9 Å². The van der Waals surface area contributed by atoms with Crippen molar-refractivity contribution in [2.75, 3.05) is 13.1 Å². The number of benzene rings is 1. The number of hydrogen-bond donors (Lipinski definition) is 3. The summed E-state index contributed by atoms with van der Waals surface area (Å²) in [6.07, 6.45) is 0.242. The molecule has 6 nitrogen and oxygen atoms in total. The zero-order valence-electron chi connectivity index (χ0n) is 9.67. The van der Waals surface area contributed by atoms with Crippen molar-refractivity contribution in [3.8, 4) is 5.75 Å². The predicted octanol–water partition coefficient (Wildman–Crippen LogP) is 0.0202. The second-order valence-corrected chi connectivity index (χ2v) is 4.48. The van der Waals surface area contributed by atoms with Crippen LogP contribution < -0.4 is 5.73 Å². The third kappa shape index (κ3) is 2.14. The summed E-state index contributed by atoms with van der Waals surface area (Å²) in [5, 5.41) is 18.1. The number of phenolic OH excluding ortho intramolecular Hbond substituents is 1. The van der Waals surface area contributed by atoms with Crippen LogP contribution in [0.25, 0.3) is 0 Å². The molecule has 0 aliphatic carbocycles. The van der Waals surface area contributed by atoms with E-state index in [9.17, 15) is 9.59 Å². The number of carboxylic acids is 1. The van der Waals surface area contributed by atoms with E-state index >= 15 is 0 Å². The number of nitrogens with two attached hydrogens (primary N) is 1. The minimum Gasteiger partial charge on any atom is -0.508 e. The van der Waals surface area contributed by atoms with Gasteiger partial charge in [-0.3, -0.25) is 9.59 Å². The Kier molecular flexibility index (Phi) is 2.96. The van der Waals surface area contributed by atoms with E-state index in [-0.39, 0.29) is 24.6 Å². The Morgan fingerprint density at radius 3 is 2.39 bits per heavy atom. The van der Waals surface area contributed by atoms with Crippen LogP contribution in [0.3, 0.4) is 0 Å². The molecule has 1 aromatic rings. The van der Waals surface area contributed by atoms with Crippen molar-refractivity contribution in [3.63, 3.8) is 0 Å². The van der Waals surface area contributed by atoms with Crippen LogP contribution in [0, 0.1) is 0 Å². The highest BCUT2D eigenvalue weighted by molar-refractivity contribution is 5.95. The fourth-order valence-corrected chi connectivity index (χ4v) is 1.97. The van der Waals surface area contributed by atoms with Crippen LogP contribution in [-0.2, 0) is 4.79 Å². The molecule has 0 saturated carbocycles. The molecule has 1 aromatic carbocycles. The van der Waals surface area contributed by atoms with Gasteiger partial charge in [0.25, 0.3) is 5.91 Å². The number of carbonyl (C=O) groups excluding carboxylic acids is 1. The van der Waals surface area contributed by atoms with E-state index < -0.39 is 11.5 Å². The van der Waals surface area contributed by atoms with E-state index in [1.807, 2.05) is 0 Å². The average Bonchev–Trinajstić information content (AvgIpc) is 2.73. The van der Waals surface area contributed by atoms with E-state index in [0.717, 1.165) is 0 Å². The highest BCUT2D eigenvalue weighted by Crippen LogP contribution is 2.21. The number of carbonyl (C=O) groups is 2. The Bertz CT molecular complexity index is 485. The molecule has 4 N–H and O–H groups in total. The molecule has 1 unspecified atom stereocenters. The van der Waals surface area contributed by atoms with Crippen molar-refractivity contribution in [3.05, 3.63) is 29.8 Å². The normalized spacial score (nSPS) is 23.1. The van der Waals surface area contributed by atoms with Gasteiger partial charge in [0, 0.05) is 18.7 Å². The van der Waals surface area contributed by atoms with E-state index in [1.165, 1.54) is 29.2 Å². The fraction of sp³-hybridized carbons (Fsp3) is 0.333. The molecule has 0 radical (unpaired) electrons. The monoisotopic (exact) mass is 250 g/mol.